The number of aliphatic carboxylic acids is 4. The highest BCUT2D eigenvalue weighted by atomic mass is 31.2. The molecule has 0 bridgehead atoms. The quantitative estimate of drug-likeness (QED) is 0.0546. The predicted molar refractivity (Wildman–Crippen MR) is 181 cm³/mol. The van der Waals surface area contributed by atoms with Gasteiger partial charge in [0.15, 0.2) is 0 Å². The van der Waals surface area contributed by atoms with Gasteiger partial charge >= 0.3 is 39.1 Å². The SMILES string of the molecule is CC(C)C(=O)CCC(C(=O)O)N1CCN(CC(=O)O)CCN(C(CCC(=O)NCC(=O)NC(P(=O)(O)O)P(=O)(O)O)C(=O)O)CCN(CC(=O)O)CC1. The van der Waals surface area contributed by atoms with Crippen LogP contribution in [0.1, 0.15) is 39.5 Å². The van der Waals surface area contributed by atoms with Gasteiger partial charge in [-0.15, -0.1) is 0 Å². The highest BCUT2D eigenvalue weighted by Crippen LogP contribution is 2.58. The molecule has 0 aromatic heterocycles. The topological polar surface area (TPSA) is 352 Å². The average molecular weight is 805 g/mol. The number of rotatable bonds is 20. The fraction of sp³-hybridized carbons (Fsp3) is 0.750. The summed E-state index contributed by atoms with van der Waals surface area (Å²) in [6.07, 6.45) is -0.952. The van der Waals surface area contributed by atoms with Gasteiger partial charge in [0.2, 0.25) is 17.3 Å². The van der Waals surface area contributed by atoms with E-state index in [1.807, 2.05) is 0 Å². The molecule has 0 radical (unpaired) electrons. The summed E-state index contributed by atoms with van der Waals surface area (Å²) in [6, 6.07) is -2.53. The molecule has 1 fully saturated rings. The van der Waals surface area contributed by atoms with Gasteiger partial charge in [0, 0.05) is 71.1 Å². The number of Topliss-reactive ketones (excluding diaryl/α,β-unsaturated/α-hetero) is 1. The molecule has 0 aliphatic carbocycles. The van der Waals surface area contributed by atoms with Crippen LogP contribution < -0.4 is 10.6 Å². The van der Waals surface area contributed by atoms with Gasteiger partial charge in [0.25, 0.3) is 0 Å². The van der Waals surface area contributed by atoms with Crippen LogP contribution in [0, 0.1) is 5.92 Å². The highest BCUT2D eigenvalue weighted by molar-refractivity contribution is 7.70. The Morgan fingerprint density at radius 2 is 0.981 bits per heavy atom. The van der Waals surface area contributed by atoms with E-state index in [1.54, 1.807) is 18.7 Å². The van der Waals surface area contributed by atoms with Crippen LogP contribution in [0.3, 0.4) is 0 Å². The van der Waals surface area contributed by atoms with Gasteiger partial charge in [0.1, 0.15) is 17.9 Å². The number of amides is 2. The average Bonchev–Trinajstić information content (AvgIpc) is 3.00. The van der Waals surface area contributed by atoms with E-state index in [1.165, 1.54) is 20.0 Å². The molecule has 1 aliphatic heterocycles. The minimum absolute atomic E-state index is 0.00801. The van der Waals surface area contributed by atoms with E-state index >= 15 is 0 Å². The van der Waals surface area contributed by atoms with E-state index in [4.69, 9.17) is 19.6 Å². The lowest BCUT2D eigenvalue weighted by Crippen LogP contribution is -2.53. The van der Waals surface area contributed by atoms with Crippen LogP contribution in [0.5, 0.6) is 0 Å². The zero-order valence-electron chi connectivity index (χ0n) is 29.4. The summed E-state index contributed by atoms with van der Waals surface area (Å²) in [4.78, 5) is 128. The first-order valence-electron chi connectivity index (χ1n) is 16.4. The first-order chi connectivity index (χ1) is 24.4. The number of carboxylic acid groups (broad SMARTS) is 4. The van der Waals surface area contributed by atoms with Crippen LogP contribution in [-0.4, -0.2) is 191 Å². The molecule has 0 aromatic rings. The number of carbonyl (C=O) groups is 7. The molecule has 2 amide bonds. The molecule has 1 saturated heterocycles. The lowest BCUT2D eigenvalue weighted by molar-refractivity contribution is -0.145. The number of carbonyl (C=O) groups excluding carboxylic acids is 3. The Kier molecular flexibility index (Phi) is 19.9. The molecule has 304 valence electrons. The van der Waals surface area contributed by atoms with Crippen molar-refractivity contribution in [1.82, 2.24) is 30.2 Å². The van der Waals surface area contributed by atoms with Crippen molar-refractivity contribution >= 4 is 56.7 Å². The van der Waals surface area contributed by atoms with Crippen LogP contribution in [0.25, 0.3) is 0 Å². The molecule has 2 unspecified atom stereocenters. The Hall–Kier alpha value is -3.37. The maximum Gasteiger partial charge on any atom is 0.360 e. The molecule has 1 aliphatic rings. The molecule has 10 N–H and O–H groups in total. The fourth-order valence-electron chi connectivity index (χ4n) is 5.44. The molecule has 23 nitrogen and oxygen atoms in total. The standard InChI is InChI=1S/C28H50N6O17P2/c1-18(2)21(35)5-3-19(26(42)43)33-11-7-31(16-24(38)39)9-13-34(14-10-32(8-12-33)17-25(40)41)20(27(44)45)4-6-22(36)29-15-23(37)30-28(52(46,47)48)53(49,50)51/h18-20,28H,3-17H2,1-2H3,(H,29,36)(H,30,37)(H,38,39)(H,40,41)(H,42,43)(H,44,45)(H2,46,47,48)(H2,49,50,51). The van der Waals surface area contributed by atoms with Crippen LogP contribution >= 0.6 is 15.2 Å². The van der Waals surface area contributed by atoms with E-state index in [0.29, 0.717) is 0 Å². The molecule has 1 rings (SSSR count). The molecule has 25 heteroatoms. The summed E-state index contributed by atoms with van der Waals surface area (Å²) in [6.45, 7) is 1.18. The molecule has 0 saturated carbocycles. The number of hydrogen-bond acceptors (Lipinski definition) is 13. The normalized spacial score (nSPS) is 17.7. The monoisotopic (exact) mass is 804 g/mol. The van der Waals surface area contributed by atoms with E-state index < -0.39 is 94.5 Å². The first-order valence-corrected chi connectivity index (χ1v) is 19.8. The van der Waals surface area contributed by atoms with Crippen LogP contribution in [-0.2, 0) is 42.7 Å². The van der Waals surface area contributed by atoms with Crippen molar-refractivity contribution < 1.29 is 82.7 Å². The second kappa shape index (κ2) is 22.1. The number of carboxylic acids is 4. The van der Waals surface area contributed by atoms with E-state index in [9.17, 15) is 63.1 Å². The van der Waals surface area contributed by atoms with Crippen molar-refractivity contribution in [3.8, 4) is 0 Å². The molecular weight excluding hydrogens is 754 g/mol. The molecule has 53 heavy (non-hydrogen) atoms. The summed E-state index contributed by atoms with van der Waals surface area (Å²) in [5.41, 5.74) is -2.85. The minimum atomic E-state index is -5.50. The molecule has 0 spiro atoms. The van der Waals surface area contributed by atoms with Crippen molar-refractivity contribution in [2.45, 2.75) is 57.1 Å². The van der Waals surface area contributed by atoms with Crippen LogP contribution in [0.4, 0.5) is 0 Å². The Labute approximate surface area is 304 Å². The van der Waals surface area contributed by atoms with E-state index in [-0.39, 0.29) is 83.3 Å². The zero-order valence-corrected chi connectivity index (χ0v) is 31.1. The fourth-order valence-corrected chi connectivity index (χ4v) is 7.63. The lowest BCUT2D eigenvalue weighted by Gasteiger charge is -2.37. The lowest BCUT2D eigenvalue weighted by atomic mass is 10.0. The Morgan fingerprint density at radius 3 is 1.30 bits per heavy atom. The van der Waals surface area contributed by atoms with Crippen molar-refractivity contribution in [3.63, 3.8) is 0 Å². The van der Waals surface area contributed by atoms with Gasteiger partial charge in [0.05, 0.1) is 19.6 Å². The molecular formula is C28H50N6O17P2. The van der Waals surface area contributed by atoms with Gasteiger partial charge in [-0.25, -0.2) is 0 Å². The highest BCUT2D eigenvalue weighted by Gasteiger charge is 2.44. The maximum atomic E-state index is 12.5. The van der Waals surface area contributed by atoms with Crippen LogP contribution in [0.15, 0.2) is 0 Å². The van der Waals surface area contributed by atoms with Crippen LogP contribution in [0.2, 0.25) is 0 Å². The summed E-state index contributed by atoms with van der Waals surface area (Å²) < 4.78 is 22.8. The Balaban J connectivity index is 3.19. The summed E-state index contributed by atoms with van der Waals surface area (Å²) in [5.74, 6) is -7.78. The molecule has 2 atom stereocenters. The summed E-state index contributed by atoms with van der Waals surface area (Å²) >= 11 is 0. The molecule has 0 aromatic carbocycles. The van der Waals surface area contributed by atoms with Gasteiger partial charge in [-0.05, 0) is 12.8 Å². The molecule has 1 heterocycles. The second-order valence-corrected chi connectivity index (χ2v) is 16.5. The van der Waals surface area contributed by atoms with Gasteiger partial charge in [-0.1, -0.05) is 13.8 Å². The smallest absolute Gasteiger partial charge is 0.360 e. The number of hydrogen-bond donors (Lipinski definition) is 10. The number of ketones is 1. The first kappa shape index (κ1) is 47.7. The van der Waals surface area contributed by atoms with Gasteiger partial charge in [-0.3, -0.25) is 62.3 Å². The zero-order chi connectivity index (χ0) is 40.7. The Morgan fingerprint density at radius 1 is 0.604 bits per heavy atom. The number of nitrogens with one attached hydrogen (secondary N) is 2. The minimum Gasteiger partial charge on any atom is -0.480 e. The third-order valence-corrected chi connectivity index (χ3v) is 11.6. The number of nitrogens with zero attached hydrogens (tertiary/aromatic N) is 4. The third kappa shape index (κ3) is 18.5. The summed E-state index contributed by atoms with van der Waals surface area (Å²) in [5, 5.41) is 42.8. The van der Waals surface area contributed by atoms with Crippen molar-refractivity contribution in [3.05, 3.63) is 0 Å². The largest absolute Gasteiger partial charge is 0.480 e. The second-order valence-electron chi connectivity index (χ2n) is 12.7. The summed E-state index contributed by atoms with van der Waals surface area (Å²) in [7, 11) is -11.0. The predicted octanol–water partition coefficient (Wildman–Crippen LogP) is -3.06. The Bertz CT molecular complexity index is 1350. The van der Waals surface area contributed by atoms with Crippen molar-refractivity contribution in [1.29, 1.82) is 0 Å². The maximum absolute atomic E-state index is 12.5. The van der Waals surface area contributed by atoms with Crippen molar-refractivity contribution in [2.24, 2.45) is 5.92 Å². The third-order valence-electron chi connectivity index (χ3n) is 8.31. The van der Waals surface area contributed by atoms with E-state index in [0.717, 1.165) is 0 Å². The van der Waals surface area contributed by atoms with Gasteiger partial charge < -0.3 is 50.6 Å². The van der Waals surface area contributed by atoms with Gasteiger partial charge in [-0.2, -0.15) is 0 Å². The van der Waals surface area contributed by atoms with Crippen molar-refractivity contribution in [2.75, 3.05) is 72.0 Å². The van der Waals surface area contributed by atoms with E-state index in [2.05, 4.69) is 5.32 Å².